The van der Waals surface area contributed by atoms with E-state index >= 15 is 0 Å². The first kappa shape index (κ1) is 7.98. The second-order valence-corrected chi connectivity index (χ2v) is 3.62. The Kier molecular flexibility index (Phi) is 2.00. The lowest BCUT2D eigenvalue weighted by Gasteiger charge is -2.03. The zero-order valence-electron chi connectivity index (χ0n) is 6.26. The van der Waals surface area contributed by atoms with E-state index in [2.05, 4.69) is 20.9 Å². The van der Waals surface area contributed by atoms with Crippen LogP contribution in [0.2, 0.25) is 0 Å². The maximum Gasteiger partial charge on any atom is 0.227 e. The standard InChI is InChI=1S/C8H7BrFNO/c9-7-3-6(4-11-8(7)10)12-5-1-2-5/h3-5H,1-2H2. The van der Waals surface area contributed by atoms with Crippen LogP contribution in [0.15, 0.2) is 16.7 Å². The van der Waals surface area contributed by atoms with Gasteiger partial charge in [0.25, 0.3) is 0 Å². The number of ether oxygens (including phenoxy) is 1. The van der Waals surface area contributed by atoms with Crippen molar-refractivity contribution in [3.05, 3.63) is 22.7 Å². The average Bonchev–Trinajstić information content (AvgIpc) is 2.81. The van der Waals surface area contributed by atoms with Crippen LogP contribution in [0.5, 0.6) is 5.75 Å². The Hall–Kier alpha value is -0.640. The Balaban J connectivity index is 2.15. The summed E-state index contributed by atoms with van der Waals surface area (Å²) in [5, 5.41) is 0. The van der Waals surface area contributed by atoms with Gasteiger partial charge < -0.3 is 4.74 Å². The number of rotatable bonds is 2. The lowest BCUT2D eigenvalue weighted by atomic mass is 10.4. The molecular formula is C8H7BrFNO. The van der Waals surface area contributed by atoms with Crippen LogP contribution in [0.4, 0.5) is 4.39 Å². The van der Waals surface area contributed by atoms with Gasteiger partial charge in [-0.2, -0.15) is 4.39 Å². The second-order valence-electron chi connectivity index (χ2n) is 2.76. The van der Waals surface area contributed by atoms with E-state index < -0.39 is 5.95 Å². The van der Waals surface area contributed by atoms with Gasteiger partial charge in [0.2, 0.25) is 5.95 Å². The molecule has 1 aliphatic rings. The fourth-order valence-corrected chi connectivity index (χ4v) is 1.17. The van der Waals surface area contributed by atoms with Crippen LogP contribution in [0.3, 0.4) is 0 Å². The minimum absolute atomic E-state index is 0.323. The second kappa shape index (κ2) is 3.01. The van der Waals surface area contributed by atoms with Crippen LogP contribution >= 0.6 is 15.9 Å². The highest BCUT2D eigenvalue weighted by atomic mass is 79.9. The van der Waals surface area contributed by atoms with Gasteiger partial charge in [0.05, 0.1) is 16.8 Å². The molecule has 0 aromatic carbocycles. The highest BCUT2D eigenvalue weighted by Crippen LogP contribution is 2.28. The van der Waals surface area contributed by atoms with Gasteiger partial charge >= 0.3 is 0 Å². The summed E-state index contributed by atoms with van der Waals surface area (Å²) in [6.45, 7) is 0. The molecule has 1 aliphatic carbocycles. The van der Waals surface area contributed by atoms with E-state index in [9.17, 15) is 4.39 Å². The van der Waals surface area contributed by atoms with E-state index in [1.807, 2.05) is 0 Å². The summed E-state index contributed by atoms with van der Waals surface area (Å²) in [6, 6.07) is 1.60. The smallest absolute Gasteiger partial charge is 0.227 e. The first-order chi connectivity index (χ1) is 5.75. The van der Waals surface area contributed by atoms with Crippen LogP contribution in [0.25, 0.3) is 0 Å². The van der Waals surface area contributed by atoms with Gasteiger partial charge in [-0.1, -0.05) is 0 Å². The van der Waals surface area contributed by atoms with Crippen molar-refractivity contribution < 1.29 is 9.13 Å². The molecule has 12 heavy (non-hydrogen) atoms. The van der Waals surface area contributed by atoms with Gasteiger partial charge in [-0.15, -0.1) is 0 Å². The molecule has 1 heterocycles. The first-order valence-corrected chi connectivity index (χ1v) is 4.53. The number of halogens is 2. The Morgan fingerprint density at radius 3 is 2.92 bits per heavy atom. The normalized spacial score (nSPS) is 16.2. The van der Waals surface area contributed by atoms with E-state index in [4.69, 9.17) is 4.74 Å². The molecule has 0 atom stereocenters. The fourth-order valence-electron chi connectivity index (χ4n) is 0.846. The minimum atomic E-state index is -0.502. The summed E-state index contributed by atoms with van der Waals surface area (Å²) in [6.07, 6.45) is 3.91. The summed E-state index contributed by atoms with van der Waals surface area (Å²) >= 11 is 3.04. The molecule has 1 fully saturated rings. The molecule has 0 radical (unpaired) electrons. The van der Waals surface area contributed by atoms with Crippen LogP contribution in [0.1, 0.15) is 12.8 Å². The quantitative estimate of drug-likeness (QED) is 0.731. The van der Waals surface area contributed by atoms with Crippen molar-refractivity contribution in [3.63, 3.8) is 0 Å². The van der Waals surface area contributed by atoms with E-state index in [1.54, 1.807) is 6.07 Å². The topological polar surface area (TPSA) is 22.1 Å². The number of hydrogen-bond acceptors (Lipinski definition) is 2. The van der Waals surface area contributed by atoms with Gasteiger partial charge in [-0.3, -0.25) is 0 Å². The molecule has 1 aromatic rings. The summed E-state index contributed by atoms with van der Waals surface area (Å²) in [5.41, 5.74) is 0. The van der Waals surface area contributed by atoms with Crippen molar-refractivity contribution in [2.75, 3.05) is 0 Å². The molecule has 1 saturated carbocycles. The number of pyridine rings is 1. The van der Waals surface area contributed by atoms with E-state index in [1.165, 1.54) is 6.20 Å². The Bertz CT molecular complexity index is 301. The summed E-state index contributed by atoms with van der Waals surface area (Å²) in [4.78, 5) is 3.52. The van der Waals surface area contributed by atoms with Gasteiger partial charge in [-0.05, 0) is 28.8 Å². The molecular weight excluding hydrogens is 225 g/mol. The van der Waals surface area contributed by atoms with Crippen molar-refractivity contribution in [2.45, 2.75) is 18.9 Å². The third-order valence-electron chi connectivity index (χ3n) is 1.60. The van der Waals surface area contributed by atoms with Crippen molar-refractivity contribution in [3.8, 4) is 5.75 Å². The van der Waals surface area contributed by atoms with Crippen molar-refractivity contribution in [2.24, 2.45) is 0 Å². The van der Waals surface area contributed by atoms with E-state index in [0.717, 1.165) is 12.8 Å². The zero-order chi connectivity index (χ0) is 8.55. The highest BCUT2D eigenvalue weighted by Gasteiger charge is 2.23. The van der Waals surface area contributed by atoms with Gasteiger partial charge in [0.1, 0.15) is 5.75 Å². The summed E-state index contributed by atoms with van der Waals surface area (Å²) in [7, 11) is 0. The predicted molar refractivity (Wildman–Crippen MR) is 45.5 cm³/mol. The molecule has 2 nitrogen and oxygen atoms in total. The zero-order valence-corrected chi connectivity index (χ0v) is 7.84. The van der Waals surface area contributed by atoms with Gasteiger partial charge in [0.15, 0.2) is 0 Å². The maximum atomic E-state index is 12.6. The van der Waals surface area contributed by atoms with Crippen LogP contribution in [-0.4, -0.2) is 11.1 Å². The third kappa shape index (κ3) is 1.75. The molecule has 1 aromatic heterocycles. The van der Waals surface area contributed by atoms with Gasteiger partial charge in [0, 0.05) is 6.07 Å². The Morgan fingerprint density at radius 2 is 2.33 bits per heavy atom. The Morgan fingerprint density at radius 1 is 1.58 bits per heavy atom. The first-order valence-electron chi connectivity index (χ1n) is 3.73. The Labute approximate surface area is 77.9 Å². The number of nitrogens with zero attached hydrogens (tertiary/aromatic N) is 1. The molecule has 0 amide bonds. The molecule has 64 valence electrons. The number of aromatic nitrogens is 1. The van der Waals surface area contributed by atoms with Crippen LogP contribution in [0, 0.1) is 5.95 Å². The molecule has 0 bridgehead atoms. The summed E-state index contributed by atoms with van der Waals surface area (Å²) < 4.78 is 18.4. The van der Waals surface area contributed by atoms with E-state index in [0.29, 0.717) is 16.3 Å². The largest absolute Gasteiger partial charge is 0.489 e. The molecule has 0 saturated heterocycles. The van der Waals surface area contributed by atoms with Gasteiger partial charge in [-0.25, -0.2) is 4.98 Å². The fraction of sp³-hybridized carbons (Fsp3) is 0.375. The molecule has 2 rings (SSSR count). The van der Waals surface area contributed by atoms with Crippen molar-refractivity contribution in [1.29, 1.82) is 0 Å². The third-order valence-corrected chi connectivity index (χ3v) is 2.15. The molecule has 0 spiro atoms. The van der Waals surface area contributed by atoms with Crippen LogP contribution < -0.4 is 4.74 Å². The lowest BCUT2D eigenvalue weighted by molar-refractivity contribution is 0.300. The minimum Gasteiger partial charge on any atom is -0.489 e. The molecule has 0 unspecified atom stereocenters. The molecule has 4 heteroatoms. The van der Waals surface area contributed by atoms with Crippen LogP contribution in [-0.2, 0) is 0 Å². The average molecular weight is 232 g/mol. The highest BCUT2D eigenvalue weighted by molar-refractivity contribution is 9.10. The predicted octanol–water partition coefficient (Wildman–Crippen LogP) is 2.52. The van der Waals surface area contributed by atoms with Crippen molar-refractivity contribution in [1.82, 2.24) is 4.98 Å². The summed E-state index contributed by atoms with van der Waals surface area (Å²) in [5.74, 6) is 0.129. The molecule has 0 N–H and O–H groups in total. The lowest BCUT2D eigenvalue weighted by Crippen LogP contribution is -1.97. The number of hydrogen-bond donors (Lipinski definition) is 0. The maximum absolute atomic E-state index is 12.6. The monoisotopic (exact) mass is 231 g/mol. The SMILES string of the molecule is Fc1ncc(OC2CC2)cc1Br. The van der Waals surface area contributed by atoms with E-state index in [-0.39, 0.29) is 0 Å². The van der Waals surface area contributed by atoms with Crippen molar-refractivity contribution >= 4 is 15.9 Å². The molecule has 0 aliphatic heterocycles.